The zero-order valence-corrected chi connectivity index (χ0v) is 11.0. The lowest BCUT2D eigenvalue weighted by atomic mass is 9.87. The second kappa shape index (κ2) is 5.51. The number of nitrogens with two attached hydrogens (primary N) is 1. The molecule has 0 bridgehead atoms. The molecule has 0 saturated carbocycles. The van der Waals surface area contributed by atoms with Crippen molar-refractivity contribution in [2.75, 3.05) is 20.1 Å². The third-order valence-electron chi connectivity index (χ3n) is 3.77. The van der Waals surface area contributed by atoms with E-state index in [2.05, 4.69) is 4.90 Å². The quantitative estimate of drug-likeness (QED) is 0.896. The molecule has 0 amide bonds. The molecule has 1 fully saturated rings. The zero-order chi connectivity index (χ0) is 14.0. The molecule has 2 nitrogen and oxygen atoms in total. The van der Waals surface area contributed by atoms with Gasteiger partial charge in [0.05, 0.1) is 5.56 Å². The van der Waals surface area contributed by atoms with Crippen LogP contribution in [0.15, 0.2) is 24.3 Å². The Morgan fingerprint density at radius 1 is 1.37 bits per heavy atom. The highest BCUT2D eigenvalue weighted by Gasteiger charge is 2.32. The molecular weight excluding hydrogens is 253 g/mol. The molecule has 1 aromatic rings. The maximum atomic E-state index is 12.7. The third-order valence-corrected chi connectivity index (χ3v) is 3.77. The Bertz CT molecular complexity index is 431. The van der Waals surface area contributed by atoms with Crippen LogP contribution in [0.3, 0.4) is 0 Å². The van der Waals surface area contributed by atoms with Crippen LogP contribution in [0, 0.1) is 5.92 Å². The number of nitrogens with zero attached hydrogens (tertiary/aromatic N) is 1. The maximum Gasteiger partial charge on any atom is 0.416 e. The van der Waals surface area contributed by atoms with Crippen molar-refractivity contribution >= 4 is 0 Å². The van der Waals surface area contributed by atoms with Crippen molar-refractivity contribution < 1.29 is 13.2 Å². The Morgan fingerprint density at radius 3 is 2.74 bits per heavy atom. The van der Waals surface area contributed by atoms with Crippen molar-refractivity contribution in [3.8, 4) is 0 Å². The van der Waals surface area contributed by atoms with Gasteiger partial charge in [0, 0.05) is 12.6 Å². The molecule has 5 heteroatoms. The van der Waals surface area contributed by atoms with E-state index >= 15 is 0 Å². The smallest absolute Gasteiger partial charge is 0.324 e. The fourth-order valence-electron chi connectivity index (χ4n) is 2.69. The predicted molar refractivity (Wildman–Crippen MR) is 68.6 cm³/mol. The van der Waals surface area contributed by atoms with E-state index in [1.807, 2.05) is 7.05 Å². The molecule has 1 aromatic carbocycles. The highest BCUT2D eigenvalue weighted by molar-refractivity contribution is 5.28. The highest BCUT2D eigenvalue weighted by atomic mass is 19.4. The minimum Gasteiger partial charge on any atom is -0.324 e. The molecule has 1 heterocycles. The lowest BCUT2D eigenvalue weighted by molar-refractivity contribution is -0.137. The average Bonchev–Trinajstić information content (AvgIpc) is 2.37. The SMILES string of the molecule is CN1CCCC(C(N)c2cccc(C(F)(F)F)c2)C1. The van der Waals surface area contributed by atoms with Crippen molar-refractivity contribution in [2.24, 2.45) is 11.7 Å². The third kappa shape index (κ3) is 3.48. The summed E-state index contributed by atoms with van der Waals surface area (Å²) in [7, 11) is 2.02. The van der Waals surface area contributed by atoms with Gasteiger partial charge in [-0.3, -0.25) is 0 Å². The van der Waals surface area contributed by atoms with E-state index in [0.717, 1.165) is 32.0 Å². The van der Waals surface area contributed by atoms with E-state index in [-0.39, 0.29) is 12.0 Å². The molecule has 2 unspecified atom stereocenters. The van der Waals surface area contributed by atoms with Crippen LogP contribution in [-0.2, 0) is 6.18 Å². The fraction of sp³-hybridized carbons (Fsp3) is 0.571. The van der Waals surface area contributed by atoms with Gasteiger partial charge in [-0.05, 0) is 50.0 Å². The number of rotatable bonds is 2. The molecule has 2 rings (SSSR count). The molecule has 0 spiro atoms. The second-order valence-electron chi connectivity index (χ2n) is 5.31. The van der Waals surface area contributed by atoms with Crippen molar-refractivity contribution in [1.82, 2.24) is 4.90 Å². The Labute approximate surface area is 111 Å². The van der Waals surface area contributed by atoms with Gasteiger partial charge in [0.15, 0.2) is 0 Å². The van der Waals surface area contributed by atoms with Crippen molar-refractivity contribution in [3.63, 3.8) is 0 Å². The zero-order valence-electron chi connectivity index (χ0n) is 11.0. The number of benzene rings is 1. The molecule has 0 aromatic heterocycles. The summed E-state index contributed by atoms with van der Waals surface area (Å²) in [5.74, 6) is 0.224. The predicted octanol–water partition coefficient (Wildman–Crippen LogP) is 3.05. The summed E-state index contributed by atoms with van der Waals surface area (Å²) >= 11 is 0. The molecule has 19 heavy (non-hydrogen) atoms. The van der Waals surface area contributed by atoms with Crippen LogP contribution in [0.2, 0.25) is 0 Å². The van der Waals surface area contributed by atoms with Crippen molar-refractivity contribution in [1.29, 1.82) is 0 Å². The number of alkyl halides is 3. The lowest BCUT2D eigenvalue weighted by Gasteiger charge is -2.33. The number of likely N-dealkylation sites (tertiary alicyclic amines) is 1. The van der Waals surface area contributed by atoms with Gasteiger partial charge in [-0.1, -0.05) is 12.1 Å². The van der Waals surface area contributed by atoms with Gasteiger partial charge in [0.25, 0.3) is 0 Å². The van der Waals surface area contributed by atoms with Gasteiger partial charge in [-0.2, -0.15) is 13.2 Å². The summed E-state index contributed by atoms with van der Waals surface area (Å²) in [4.78, 5) is 2.18. The van der Waals surface area contributed by atoms with Crippen LogP contribution in [0.25, 0.3) is 0 Å². The van der Waals surface area contributed by atoms with Crippen LogP contribution in [0.4, 0.5) is 13.2 Å². The van der Waals surface area contributed by atoms with Crippen LogP contribution in [0.1, 0.15) is 30.0 Å². The van der Waals surface area contributed by atoms with Crippen LogP contribution in [-0.4, -0.2) is 25.0 Å². The molecule has 2 atom stereocenters. The van der Waals surface area contributed by atoms with Gasteiger partial charge in [-0.25, -0.2) is 0 Å². The Balaban J connectivity index is 2.17. The summed E-state index contributed by atoms with van der Waals surface area (Å²) in [5, 5.41) is 0. The Morgan fingerprint density at radius 2 is 2.11 bits per heavy atom. The van der Waals surface area contributed by atoms with Crippen molar-refractivity contribution in [2.45, 2.75) is 25.1 Å². The van der Waals surface area contributed by atoms with E-state index in [1.165, 1.54) is 12.1 Å². The summed E-state index contributed by atoms with van der Waals surface area (Å²) in [6, 6.07) is 5.06. The number of halogens is 3. The lowest BCUT2D eigenvalue weighted by Crippen LogP contribution is -2.37. The molecule has 1 aliphatic heterocycles. The van der Waals surface area contributed by atoms with Gasteiger partial charge in [-0.15, -0.1) is 0 Å². The minimum absolute atomic E-state index is 0.224. The van der Waals surface area contributed by atoms with E-state index in [4.69, 9.17) is 5.73 Å². The molecule has 106 valence electrons. The Kier molecular flexibility index (Phi) is 4.16. The summed E-state index contributed by atoms with van der Waals surface area (Å²) in [6.07, 6.45) is -2.28. The monoisotopic (exact) mass is 272 g/mol. The van der Waals surface area contributed by atoms with E-state index in [1.54, 1.807) is 6.07 Å². The molecule has 1 aliphatic rings. The highest BCUT2D eigenvalue weighted by Crippen LogP contribution is 2.33. The van der Waals surface area contributed by atoms with Crippen LogP contribution >= 0.6 is 0 Å². The van der Waals surface area contributed by atoms with Gasteiger partial charge < -0.3 is 10.6 Å². The molecule has 1 saturated heterocycles. The number of hydrogen-bond acceptors (Lipinski definition) is 2. The summed E-state index contributed by atoms with van der Waals surface area (Å²) in [6.45, 7) is 1.88. The molecule has 0 radical (unpaired) electrons. The van der Waals surface area contributed by atoms with Gasteiger partial charge in [0.2, 0.25) is 0 Å². The van der Waals surface area contributed by atoms with E-state index < -0.39 is 11.7 Å². The van der Waals surface area contributed by atoms with Crippen LogP contribution < -0.4 is 5.73 Å². The largest absolute Gasteiger partial charge is 0.416 e. The summed E-state index contributed by atoms with van der Waals surface area (Å²) < 4.78 is 38.1. The topological polar surface area (TPSA) is 29.3 Å². The summed E-state index contributed by atoms with van der Waals surface area (Å²) in [5.41, 5.74) is 6.11. The fourth-order valence-corrected chi connectivity index (χ4v) is 2.69. The molecule has 2 N–H and O–H groups in total. The first-order valence-corrected chi connectivity index (χ1v) is 6.49. The first-order valence-electron chi connectivity index (χ1n) is 6.49. The molecular formula is C14H19F3N2. The number of piperidine rings is 1. The normalized spacial score (nSPS) is 23.3. The second-order valence-corrected chi connectivity index (χ2v) is 5.31. The van der Waals surface area contributed by atoms with Gasteiger partial charge >= 0.3 is 6.18 Å². The Hall–Kier alpha value is -1.07. The standard InChI is InChI=1S/C14H19F3N2/c1-19-7-3-5-11(9-19)13(18)10-4-2-6-12(8-10)14(15,16)17/h2,4,6,8,11,13H,3,5,7,9,18H2,1H3. The number of hydrogen-bond donors (Lipinski definition) is 1. The first kappa shape index (κ1) is 14.3. The maximum absolute atomic E-state index is 12.7. The minimum atomic E-state index is -4.31. The molecule has 0 aliphatic carbocycles. The van der Waals surface area contributed by atoms with E-state index in [9.17, 15) is 13.2 Å². The van der Waals surface area contributed by atoms with Gasteiger partial charge in [0.1, 0.15) is 0 Å². The van der Waals surface area contributed by atoms with Crippen molar-refractivity contribution in [3.05, 3.63) is 35.4 Å². The van der Waals surface area contributed by atoms with Crippen LogP contribution in [0.5, 0.6) is 0 Å². The van der Waals surface area contributed by atoms with E-state index in [0.29, 0.717) is 5.56 Å². The average molecular weight is 272 g/mol. The first-order chi connectivity index (χ1) is 8.88.